The van der Waals surface area contributed by atoms with E-state index in [0.717, 1.165) is 6.07 Å². The van der Waals surface area contributed by atoms with Crippen LogP contribution in [-0.2, 0) is 17.3 Å². The van der Waals surface area contributed by atoms with Gasteiger partial charge in [-0.15, -0.1) is 0 Å². The van der Waals surface area contributed by atoms with Crippen LogP contribution in [0.25, 0.3) is 0 Å². The van der Waals surface area contributed by atoms with Crippen LogP contribution in [0.5, 0.6) is 0 Å². The van der Waals surface area contributed by atoms with Crippen molar-refractivity contribution in [1.29, 1.82) is 0 Å². The minimum absolute atomic E-state index is 0. The Morgan fingerprint density at radius 3 is 2.18 bits per heavy atom. The number of carbonyl (C=O) groups is 1. The summed E-state index contributed by atoms with van der Waals surface area (Å²) in [6.07, 6.45) is -4.95. The molecule has 0 saturated carbocycles. The number of halogens is 3. The molecule has 88 valence electrons. The van der Waals surface area contributed by atoms with Crippen molar-refractivity contribution in [3.8, 4) is 0 Å². The topological polar surface area (TPSA) is 80.3 Å². The molecular formula is C8H3F3NaO4S-. The summed E-state index contributed by atoms with van der Waals surface area (Å²) < 4.78 is 57.9. The van der Waals surface area contributed by atoms with Gasteiger partial charge in [0.2, 0.25) is 0 Å². The summed E-state index contributed by atoms with van der Waals surface area (Å²) >= 11 is -2.86. The zero-order valence-corrected chi connectivity index (χ0v) is 11.2. The van der Waals surface area contributed by atoms with E-state index in [-0.39, 0.29) is 35.6 Å². The van der Waals surface area contributed by atoms with Crippen LogP contribution in [0.2, 0.25) is 0 Å². The molecule has 0 bridgehead atoms. The third-order valence-electron chi connectivity index (χ3n) is 1.71. The van der Waals surface area contributed by atoms with E-state index in [0.29, 0.717) is 6.07 Å². The summed E-state index contributed by atoms with van der Waals surface area (Å²) in [6, 6.07) is 1.54. The second-order valence-electron chi connectivity index (χ2n) is 2.73. The van der Waals surface area contributed by atoms with E-state index >= 15 is 0 Å². The van der Waals surface area contributed by atoms with Crippen LogP contribution in [0.15, 0.2) is 23.1 Å². The molecule has 0 spiro atoms. The smallest absolute Gasteiger partial charge is 0.768 e. The number of alkyl halides is 3. The summed E-state index contributed by atoms with van der Waals surface area (Å²) in [5.41, 5.74) is -2.64. The van der Waals surface area contributed by atoms with Gasteiger partial charge >= 0.3 is 35.7 Å². The van der Waals surface area contributed by atoms with Crippen LogP contribution in [-0.4, -0.2) is 14.7 Å². The monoisotopic (exact) mass is 275 g/mol. The van der Waals surface area contributed by atoms with E-state index in [1.807, 2.05) is 0 Å². The van der Waals surface area contributed by atoms with Crippen molar-refractivity contribution in [2.24, 2.45) is 0 Å². The first-order valence-corrected chi connectivity index (χ1v) is 4.83. The van der Waals surface area contributed by atoms with Gasteiger partial charge in [-0.25, -0.2) is 0 Å². The Bertz CT molecular complexity index is 461. The summed E-state index contributed by atoms with van der Waals surface area (Å²) in [5, 5.41) is 10.4. The molecule has 0 aliphatic heterocycles. The Morgan fingerprint density at radius 2 is 1.82 bits per heavy atom. The van der Waals surface area contributed by atoms with Crippen molar-refractivity contribution in [3.63, 3.8) is 0 Å². The molecule has 0 aliphatic carbocycles. The van der Waals surface area contributed by atoms with Gasteiger partial charge in [0, 0.05) is 10.5 Å². The van der Waals surface area contributed by atoms with Gasteiger partial charge in [-0.05, 0) is 23.2 Å². The number of hydrogen-bond donors (Lipinski definition) is 0. The summed E-state index contributed by atoms with van der Waals surface area (Å²) in [4.78, 5) is 9.74. The first-order valence-electron chi connectivity index (χ1n) is 3.75. The zero-order valence-electron chi connectivity index (χ0n) is 8.41. The van der Waals surface area contributed by atoms with Gasteiger partial charge < -0.3 is 14.5 Å². The fraction of sp³-hybridized carbons (Fsp3) is 0.125. The van der Waals surface area contributed by atoms with E-state index in [1.165, 1.54) is 0 Å². The molecule has 0 N–H and O–H groups in total. The number of rotatable bonds is 2. The van der Waals surface area contributed by atoms with Gasteiger partial charge in [0.1, 0.15) is 0 Å². The Labute approximate surface area is 118 Å². The van der Waals surface area contributed by atoms with Gasteiger partial charge in [-0.2, -0.15) is 13.2 Å². The average molecular weight is 275 g/mol. The molecule has 0 fully saturated rings. The second-order valence-corrected chi connectivity index (χ2v) is 3.67. The largest absolute Gasteiger partial charge is 1.00 e. The molecule has 0 saturated heterocycles. The van der Waals surface area contributed by atoms with Crippen LogP contribution in [0.3, 0.4) is 0 Å². The van der Waals surface area contributed by atoms with Crippen molar-refractivity contribution in [3.05, 3.63) is 29.3 Å². The van der Waals surface area contributed by atoms with E-state index in [2.05, 4.69) is 0 Å². The molecule has 0 amide bonds. The molecule has 4 nitrogen and oxygen atoms in total. The van der Waals surface area contributed by atoms with Crippen molar-refractivity contribution >= 4 is 17.0 Å². The Balaban J connectivity index is 0.00000256. The standard InChI is InChI=1S/C8H5F3O4S.Na/c9-8(10,11)6-3-4(16(14)15)1-2-5(6)7(12)13;/h1-3H,(H,12,13)(H,14,15);/q;+1/p-2. The minimum atomic E-state index is -4.95. The molecule has 1 aromatic carbocycles. The van der Waals surface area contributed by atoms with E-state index in [1.54, 1.807) is 0 Å². The maximum Gasteiger partial charge on any atom is 1.00 e. The van der Waals surface area contributed by atoms with Gasteiger partial charge in [-0.1, -0.05) is 6.07 Å². The quantitative estimate of drug-likeness (QED) is 0.435. The molecule has 1 rings (SSSR count). The predicted octanol–water partition coefficient (Wildman–Crippen LogP) is -2.69. The normalized spacial score (nSPS) is 12.7. The van der Waals surface area contributed by atoms with Crippen molar-refractivity contribution in [2.45, 2.75) is 11.1 Å². The maximum atomic E-state index is 12.4. The van der Waals surface area contributed by atoms with E-state index in [9.17, 15) is 31.8 Å². The summed E-state index contributed by atoms with van der Waals surface area (Å²) in [6.45, 7) is 0. The van der Waals surface area contributed by atoms with Crippen LogP contribution < -0.4 is 34.7 Å². The van der Waals surface area contributed by atoms with Crippen LogP contribution in [0, 0.1) is 0 Å². The molecule has 0 heterocycles. The number of carbonyl (C=O) groups excluding carboxylic acids is 1. The van der Waals surface area contributed by atoms with Crippen molar-refractivity contribution in [1.82, 2.24) is 0 Å². The van der Waals surface area contributed by atoms with Gasteiger partial charge in [0.05, 0.1) is 11.5 Å². The first kappa shape index (κ1) is 16.6. The number of carboxylic acid groups (broad SMARTS) is 1. The van der Waals surface area contributed by atoms with Gasteiger partial charge in [0.25, 0.3) is 0 Å². The maximum absolute atomic E-state index is 12.4. The number of carboxylic acids is 1. The molecule has 0 aliphatic rings. The van der Waals surface area contributed by atoms with Crippen LogP contribution in [0.4, 0.5) is 13.2 Å². The minimum Gasteiger partial charge on any atom is -0.768 e. The average Bonchev–Trinajstić information content (AvgIpc) is 2.15. The van der Waals surface area contributed by atoms with Crippen LogP contribution >= 0.6 is 0 Å². The molecule has 1 atom stereocenters. The Kier molecular flexibility index (Phi) is 5.82. The fourth-order valence-corrected chi connectivity index (χ4v) is 1.43. The number of aromatic carboxylic acids is 1. The predicted molar refractivity (Wildman–Crippen MR) is 43.0 cm³/mol. The second kappa shape index (κ2) is 5.96. The molecule has 9 heteroatoms. The van der Waals surface area contributed by atoms with Gasteiger partial charge in [0.15, 0.2) is 0 Å². The van der Waals surface area contributed by atoms with Crippen LogP contribution in [0.1, 0.15) is 15.9 Å². The van der Waals surface area contributed by atoms with Crippen molar-refractivity contribution < 1.29 is 61.4 Å². The Hall–Kier alpha value is -0.410. The molecule has 1 aromatic rings. The molecule has 17 heavy (non-hydrogen) atoms. The molecule has 1 unspecified atom stereocenters. The molecule has 0 aromatic heterocycles. The number of hydrogen-bond acceptors (Lipinski definition) is 4. The Morgan fingerprint density at radius 1 is 1.29 bits per heavy atom. The van der Waals surface area contributed by atoms with Gasteiger partial charge in [-0.3, -0.25) is 4.21 Å². The molecule has 0 radical (unpaired) electrons. The third-order valence-corrected chi connectivity index (χ3v) is 2.35. The fourth-order valence-electron chi connectivity index (χ4n) is 1.04. The summed E-state index contributed by atoms with van der Waals surface area (Å²) in [7, 11) is 0. The SMILES string of the molecule is O=C([O-])c1ccc(S(=O)[O-])cc1C(F)(F)F.[Na+]. The third kappa shape index (κ3) is 4.07. The number of benzene rings is 1. The summed E-state index contributed by atoms with van der Waals surface area (Å²) in [5.74, 6) is -2.02. The zero-order chi connectivity index (χ0) is 12.5. The van der Waals surface area contributed by atoms with E-state index < -0.39 is 39.2 Å². The first-order chi connectivity index (χ1) is 7.23. The van der Waals surface area contributed by atoms with E-state index in [4.69, 9.17) is 0 Å². The van der Waals surface area contributed by atoms with Crippen molar-refractivity contribution in [2.75, 3.05) is 0 Å². The molecular weight excluding hydrogens is 272 g/mol.